The molecule has 1 N–H and O–H groups in total. The van der Waals surface area contributed by atoms with Crippen molar-refractivity contribution >= 4 is 37.8 Å². The zero-order valence-electron chi connectivity index (χ0n) is 10.6. The number of unbranched alkanes of at least 4 members (excludes halogenated alkanes) is 3. The van der Waals surface area contributed by atoms with Gasteiger partial charge in [-0.3, -0.25) is 4.79 Å². The zero-order valence-corrected chi connectivity index (χ0v) is 13.8. The van der Waals surface area contributed by atoms with Crippen LogP contribution in [0.4, 0.5) is 0 Å². The maximum absolute atomic E-state index is 11.9. The molecule has 100 valence electrons. The summed E-state index contributed by atoms with van der Waals surface area (Å²) in [6.45, 7) is 2.74. The molecular formula is C14H19Br2NO. The highest BCUT2D eigenvalue weighted by atomic mass is 79.9. The Hall–Kier alpha value is -0.350. The number of aryl methyl sites for hydroxylation is 1. The highest BCUT2D eigenvalue weighted by Gasteiger charge is 2.06. The van der Waals surface area contributed by atoms with Crippen LogP contribution in [0.5, 0.6) is 0 Å². The molecule has 0 heterocycles. The van der Waals surface area contributed by atoms with Gasteiger partial charge in [-0.1, -0.05) is 44.7 Å². The lowest BCUT2D eigenvalue weighted by molar-refractivity contribution is 0.0953. The van der Waals surface area contributed by atoms with Crippen molar-refractivity contribution in [2.45, 2.75) is 32.6 Å². The summed E-state index contributed by atoms with van der Waals surface area (Å²) in [5.74, 6) is 0.0138. The minimum absolute atomic E-state index is 0.0138. The largest absolute Gasteiger partial charge is 0.352 e. The standard InChI is InChI=1S/C14H19Br2NO/c1-11-8-12(10-13(16)9-11)14(18)17-7-5-3-2-4-6-15/h8-10H,2-7H2,1H3,(H,17,18). The Kier molecular flexibility index (Phi) is 7.59. The highest BCUT2D eigenvalue weighted by Crippen LogP contribution is 2.15. The van der Waals surface area contributed by atoms with E-state index < -0.39 is 0 Å². The molecule has 0 fully saturated rings. The molecule has 0 aliphatic rings. The Bertz CT molecular complexity index is 373. The monoisotopic (exact) mass is 375 g/mol. The van der Waals surface area contributed by atoms with E-state index in [2.05, 4.69) is 37.2 Å². The first-order valence-corrected chi connectivity index (χ1v) is 8.16. The Labute approximate surface area is 126 Å². The molecule has 0 aromatic heterocycles. The number of hydrogen-bond donors (Lipinski definition) is 1. The number of benzene rings is 1. The summed E-state index contributed by atoms with van der Waals surface area (Å²) in [6.07, 6.45) is 4.64. The second-order valence-electron chi connectivity index (χ2n) is 4.38. The van der Waals surface area contributed by atoms with Gasteiger partial charge in [-0.2, -0.15) is 0 Å². The average molecular weight is 377 g/mol. The maximum atomic E-state index is 11.9. The van der Waals surface area contributed by atoms with Gasteiger partial charge in [-0.15, -0.1) is 0 Å². The summed E-state index contributed by atoms with van der Waals surface area (Å²) >= 11 is 6.82. The lowest BCUT2D eigenvalue weighted by Gasteiger charge is -2.06. The molecule has 1 amide bonds. The fraction of sp³-hybridized carbons (Fsp3) is 0.500. The third-order valence-electron chi connectivity index (χ3n) is 2.65. The summed E-state index contributed by atoms with van der Waals surface area (Å²) in [7, 11) is 0. The fourth-order valence-corrected chi connectivity index (χ4v) is 2.75. The Morgan fingerprint density at radius 3 is 2.56 bits per heavy atom. The SMILES string of the molecule is Cc1cc(Br)cc(C(=O)NCCCCCCBr)c1. The van der Waals surface area contributed by atoms with Crippen LogP contribution in [0, 0.1) is 6.92 Å². The average Bonchev–Trinajstić information content (AvgIpc) is 2.32. The summed E-state index contributed by atoms with van der Waals surface area (Å²) in [5.41, 5.74) is 1.81. The molecular weight excluding hydrogens is 358 g/mol. The van der Waals surface area contributed by atoms with Gasteiger partial charge in [0, 0.05) is 21.9 Å². The molecule has 1 rings (SSSR count). The third kappa shape index (κ3) is 6.01. The van der Waals surface area contributed by atoms with Gasteiger partial charge in [0.1, 0.15) is 0 Å². The molecule has 0 aliphatic carbocycles. The summed E-state index contributed by atoms with van der Waals surface area (Å²) in [4.78, 5) is 11.9. The van der Waals surface area contributed by atoms with Crippen LogP contribution < -0.4 is 5.32 Å². The molecule has 1 aromatic carbocycles. The first kappa shape index (κ1) is 15.7. The fourth-order valence-electron chi connectivity index (χ4n) is 1.74. The molecule has 2 nitrogen and oxygen atoms in total. The van der Waals surface area contributed by atoms with Crippen LogP contribution in [0.2, 0.25) is 0 Å². The van der Waals surface area contributed by atoms with Crippen molar-refractivity contribution in [1.29, 1.82) is 0 Å². The number of nitrogens with one attached hydrogen (secondary N) is 1. The molecule has 0 saturated heterocycles. The van der Waals surface area contributed by atoms with Gasteiger partial charge >= 0.3 is 0 Å². The van der Waals surface area contributed by atoms with Crippen molar-refractivity contribution in [3.05, 3.63) is 33.8 Å². The quantitative estimate of drug-likeness (QED) is 0.553. The van der Waals surface area contributed by atoms with Crippen LogP contribution in [0.1, 0.15) is 41.6 Å². The van der Waals surface area contributed by atoms with Crippen molar-refractivity contribution in [3.63, 3.8) is 0 Å². The molecule has 0 spiro atoms. The summed E-state index contributed by atoms with van der Waals surface area (Å²) in [6, 6.07) is 5.76. The minimum atomic E-state index is 0.0138. The molecule has 4 heteroatoms. The smallest absolute Gasteiger partial charge is 0.251 e. The zero-order chi connectivity index (χ0) is 13.4. The number of rotatable bonds is 7. The van der Waals surface area contributed by atoms with E-state index in [-0.39, 0.29) is 5.91 Å². The third-order valence-corrected chi connectivity index (χ3v) is 3.67. The lowest BCUT2D eigenvalue weighted by Crippen LogP contribution is -2.24. The van der Waals surface area contributed by atoms with Crippen LogP contribution >= 0.6 is 31.9 Å². The number of carbonyl (C=O) groups is 1. The first-order valence-electron chi connectivity index (χ1n) is 6.25. The predicted molar refractivity (Wildman–Crippen MR) is 83.5 cm³/mol. The molecule has 0 bridgehead atoms. The van der Waals surface area contributed by atoms with Gasteiger partial charge in [0.15, 0.2) is 0 Å². The summed E-state index contributed by atoms with van der Waals surface area (Å²) < 4.78 is 0.949. The van der Waals surface area contributed by atoms with Crippen molar-refractivity contribution in [2.24, 2.45) is 0 Å². The van der Waals surface area contributed by atoms with Crippen LogP contribution in [0.15, 0.2) is 22.7 Å². The van der Waals surface area contributed by atoms with E-state index in [0.29, 0.717) is 0 Å². The topological polar surface area (TPSA) is 29.1 Å². The van der Waals surface area contributed by atoms with Gasteiger partial charge in [-0.05, 0) is 43.5 Å². The Morgan fingerprint density at radius 2 is 1.89 bits per heavy atom. The van der Waals surface area contributed by atoms with Crippen LogP contribution in [0.25, 0.3) is 0 Å². The second-order valence-corrected chi connectivity index (χ2v) is 6.09. The molecule has 0 aliphatic heterocycles. The van der Waals surface area contributed by atoms with Gasteiger partial charge in [0.05, 0.1) is 0 Å². The van der Waals surface area contributed by atoms with Gasteiger partial charge in [0.25, 0.3) is 5.91 Å². The van der Waals surface area contributed by atoms with E-state index in [0.717, 1.165) is 33.9 Å². The van der Waals surface area contributed by atoms with Crippen molar-refractivity contribution in [1.82, 2.24) is 5.32 Å². The molecule has 0 saturated carbocycles. The minimum Gasteiger partial charge on any atom is -0.352 e. The number of hydrogen-bond acceptors (Lipinski definition) is 1. The van der Waals surface area contributed by atoms with Crippen LogP contribution in [0.3, 0.4) is 0 Å². The first-order chi connectivity index (χ1) is 8.63. The molecule has 0 radical (unpaired) electrons. The van der Waals surface area contributed by atoms with Gasteiger partial charge in [0.2, 0.25) is 0 Å². The molecule has 1 aromatic rings. The number of halogens is 2. The van der Waals surface area contributed by atoms with E-state index in [1.165, 1.54) is 19.3 Å². The van der Waals surface area contributed by atoms with E-state index in [9.17, 15) is 4.79 Å². The highest BCUT2D eigenvalue weighted by molar-refractivity contribution is 9.10. The van der Waals surface area contributed by atoms with Crippen molar-refractivity contribution < 1.29 is 4.79 Å². The van der Waals surface area contributed by atoms with E-state index >= 15 is 0 Å². The normalized spacial score (nSPS) is 10.4. The van der Waals surface area contributed by atoms with Gasteiger partial charge in [-0.25, -0.2) is 0 Å². The number of carbonyl (C=O) groups excluding carboxylic acids is 1. The Balaban J connectivity index is 2.32. The van der Waals surface area contributed by atoms with Crippen LogP contribution in [-0.2, 0) is 0 Å². The molecule has 18 heavy (non-hydrogen) atoms. The van der Waals surface area contributed by atoms with Crippen LogP contribution in [-0.4, -0.2) is 17.8 Å². The van der Waals surface area contributed by atoms with E-state index in [1.807, 2.05) is 25.1 Å². The lowest BCUT2D eigenvalue weighted by atomic mass is 10.1. The van der Waals surface area contributed by atoms with E-state index in [1.54, 1.807) is 0 Å². The molecule has 0 unspecified atom stereocenters. The molecule has 0 atom stereocenters. The van der Waals surface area contributed by atoms with Crippen molar-refractivity contribution in [3.8, 4) is 0 Å². The predicted octanol–water partition coefficient (Wildman–Crippen LogP) is 4.44. The second kappa shape index (κ2) is 8.70. The van der Waals surface area contributed by atoms with Gasteiger partial charge < -0.3 is 5.32 Å². The number of amides is 1. The van der Waals surface area contributed by atoms with E-state index in [4.69, 9.17) is 0 Å². The Morgan fingerprint density at radius 1 is 1.17 bits per heavy atom. The number of alkyl halides is 1. The van der Waals surface area contributed by atoms with Crippen molar-refractivity contribution in [2.75, 3.05) is 11.9 Å². The summed E-state index contributed by atoms with van der Waals surface area (Å²) in [5, 5.41) is 4.02. The maximum Gasteiger partial charge on any atom is 0.251 e.